The van der Waals surface area contributed by atoms with Gasteiger partial charge in [0.15, 0.2) is 0 Å². The number of pyridine rings is 2. The Hall–Kier alpha value is -3.82. The number of rotatable bonds is 11. The second-order valence-corrected chi connectivity index (χ2v) is 7.67. The Bertz CT molecular complexity index is 1100. The molecule has 0 saturated heterocycles. The summed E-state index contributed by atoms with van der Waals surface area (Å²) >= 11 is 0. The van der Waals surface area contributed by atoms with E-state index in [4.69, 9.17) is 15.2 Å². The van der Waals surface area contributed by atoms with Crippen LogP contribution in [0.5, 0.6) is 0 Å². The first kappa shape index (κ1) is 24.8. The number of nitrogens with one attached hydrogen (secondary N) is 2. The number of nitrogen functional groups attached to an aromatic ring is 1. The van der Waals surface area contributed by atoms with Gasteiger partial charge in [0, 0.05) is 31.4 Å². The molecule has 0 radical (unpaired) electrons. The SMILES string of the molecule is COC(=O)c1cccc(CNC[C@H](Cc2ccc(N)cc2)NCc2cccc(C(=O)OC)n2)n1. The van der Waals surface area contributed by atoms with Crippen molar-refractivity contribution in [3.05, 3.63) is 89.0 Å². The number of benzene rings is 1. The molecule has 0 amide bonds. The van der Waals surface area contributed by atoms with Crippen molar-refractivity contribution in [3.8, 4) is 0 Å². The Labute approximate surface area is 198 Å². The third-order valence-electron chi connectivity index (χ3n) is 5.13. The van der Waals surface area contributed by atoms with Gasteiger partial charge >= 0.3 is 11.9 Å². The zero-order chi connectivity index (χ0) is 24.3. The molecule has 4 N–H and O–H groups in total. The second kappa shape index (κ2) is 12.4. The average Bonchev–Trinajstić information content (AvgIpc) is 2.87. The summed E-state index contributed by atoms with van der Waals surface area (Å²) in [5, 5.41) is 6.90. The minimum Gasteiger partial charge on any atom is -0.464 e. The number of ether oxygens (including phenoxy) is 2. The van der Waals surface area contributed by atoms with Crippen LogP contribution in [0.4, 0.5) is 5.69 Å². The highest BCUT2D eigenvalue weighted by Crippen LogP contribution is 2.09. The molecule has 0 fully saturated rings. The Morgan fingerprint density at radius 2 is 1.41 bits per heavy atom. The van der Waals surface area contributed by atoms with Gasteiger partial charge in [0.25, 0.3) is 0 Å². The number of aromatic nitrogens is 2. The number of hydrogen-bond acceptors (Lipinski definition) is 9. The Morgan fingerprint density at radius 3 is 1.97 bits per heavy atom. The molecule has 0 spiro atoms. The molecule has 1 aromatic carbocycles. The summed E-state index contributed by atoms with van der Waals surface area (Å²) in [6, 6.07) is 18.3. The molecule has 9 heteroatoms. The van der Waals surface area contributed by atoms with E-state index in [0.717, 1.165) is 23.4 Å². The van der Waals surface area contributed by atoms with E-state index in [-0.39, 0.29) is 17.4 Å². The number of methoxy groups -OCH3 is 2. The van der Waals surface area contributed by atoms with Gasteiger partial charge in [-0.2, -0.15) is 0 Å². The highest BCUT2D eigenvalue weighted by Gasteiger charge is 2.13. The number of nitrogens with zero attached hydrogens (tertiary/aromatic N) is 2. The number of hydrogen-bond donors (Lipinski definition) is 3. The van der Waals surface area contributed by atoms with Gasteiger partial charge in [-0.1, -0.05) is 24.3 Å². The monoisotopic (exact) mass is 463 g/mol. The lowest BCUT2D eigenvalue weighted by molar-refractivity contribution is 0.0585. The molecule has 1 atom stereocenters. The van der Waals surface area contributed by atoms with E-state index < -0.39 is 11.9 Å². The van der Waals surface area contributed by atoms with E-state index in [9.17, 15) is 9.59 Å². The highest BCUT2D eigenvalue weighted by molar-refractivity contribution is 5.87. The quantitative estimate of drug-likeness (QED) is 0.289. The summed E-state index contributed by atoms with van der Waals surface area (Å²) in [6.07, 6.45) is 0.750. The van der Waals surface area contributed by atoms with Crippen LogP contribution in [0, 0.1) is 0 Å². The predicted molar refractivity (Wildman–Crippen MR) is 128 cm³/mol. The maximum absolute atomic E-state index is 11.8. The van der Waals surface area contributed by atoms with Gasteiger partial charge in [0.2, 0.25) is 0 Å². The Balaban J connectivity index is 1.64. The van der Waals surface area contributed by atoms with Crippen molar-refractivity contribution in [1.29, 1.82) is 0 Å². The maximum Gasteiger partial charge on any atom is 0.356 e. The van der Waals surface area contributed by atoms with Crippen molar-refractivity contribution in [2.24, 2.45) is 0 Å². The molecule has 3 aromatic rings. The molecular formula is C25H29N5O4. The lowest BCUT2D eigenvalue weighted by Crippen LogP contribution is -2.40. The molecule has 178 valence electrons. The molecule has 0 aliphatic carbocycles. The molecule has 2 aromatic heterocycles. The van der Waals surface area contributed by atoms with Crippen LogP contribution in [0.1, 0.15) is 37.9 Å². The third-order valence-corrected chi connectivity index (χ3v) is 5.13. The number of carbonyl (C=O) groups excluding carboxylic acids is 2. The molecule has 0 unspecified atom stereocenters. The topological polar surface area (TPSA) is 128 Å². The van der Waals surface area contributed by atoms with E-state index in [1.165, 1.54) is 14.2 Å². The zero-order valence-corrected chi connectivity index (χ0v) is 19.3. The van der Waals surface area contributed by atoms with Crippen molar-refractivity contribution >= 4 is 17.6 Å². The molecule has 0 saturated carbocycles. The van der Waals surface area contributed by atoms with Crippen LogP contribution in [0.25, 0.3) is 0 Å². The number of carbonyl (C=O) groups is 2. The van der Waals surface area contributed by atoms with E-state index in [1.807, 2.05) is 36.4 Å². The molecule has 0 bridgehead atoms. The summed E-state index contributed by atoms with van der Waals surface area (Å²) in [5.74, 6) is -0.935. The molecule has 2 heterocycles. The minimum atomic E-state index is -0.469. The van der Waals surface area contributed by atoms with Gasteiger partial charge in [-0.15, -0.1) is 0 Å². The lowest BCUT2D eigenvalue weighted by atomic mass is 10.1. The van der Waals surface area contributed by atoms with Crippen LogP contribution in [-0.4, -0.2) is 48.7 Å². The molecule has 34 heavy (non-hydrogen) atoms. The van der Waals surface area contributed by atoms with Crippen LogP contribution in [0.2, 0.25) is 0 Å². The smallest absolute Gasteiger partial charge is 0.356 e. The molecule has 9 nitrogen and oxygen atoms in total. The zero-order valence-electron chi connectivity index (χ0n) is 19.3. The third kappa shape index (κ3) is 7.36. The highest BCUT2D eigenvalue weighted by atomic mass is 16.5. The summed E-state index contributed by atoms with van der Waals surface area (Å²) in [4.78, 5) is 32.2. The van der Waals surface area contributed by atoms with Crippen molar-refractivity contribution in [2.45, 2.75) is 25.6 Å². The van der Waals surface area contributed by atoms with E-state index in [0.29, 0.717) is 25.3 Å². The van der Waals surface area contributed by atoms with Crippen LogP contribution in [0.3, 0.4) is 0 Å². The molecule has 0 aliphatic rings. The van der Waals surface area contributed by atoms with Gasteiger partial charge in [0.05, 0.1) is 25.6 Å². The predicted octanol–water partition coefficient (Wildman–Crippen LogP) is 2.12. The average molecular weight is 464 g/mol. The van der Waals surface area contributed by atoms with Crippen molar-refractivity contribution in [3.63, 3.8) is 0 Å². The van der Waals surface area contributed by atoms with E-state index in [1.54, 1.807) is 24.3 Å². The normalized spacial score (nSPS) is 11.6. The van der Waals surface area contributed by atoms with Crippen molar-refractivity contribution < 1.29 is 19.1 Å². The first-order valence-corrected chi connectivity index (χ1v) is 10.9. The van der Waals surface area contributed by atoms with Gasteiger partial charge < -0.3 is 25.8 Å². The van der Waals surface area contributed by atoms with Gasteiger partial charge in [-0.25, -0.2) is 19.6 Å². The van der Waals surface area contributed by atoms with Gasteiger partial charge in [-0.05, 0) is 48.4 Å². The van der Waals surface area contributed by atoms with Crippen LogP contribution in [-0.2, 0) is 29.0 Å². The first-order chi connectivity index (χ1) is 16.5. The van der Waals surface area contributed by atoms with E-state index in [2.05, 4.69) is 20.6 Å². The van der Waals surface area contributed by atoms with Crippen LogP contribution >= 0.6 is 0 Å². The molecular weight excluding hydrogens is 434 g/mol. The largest absolute Gasteiger partial charge is 0.464 e. The standard InChI is InChI=1S/C25H29N5O4/c1-33-24(31)22-7-3-5-19(29-22)14-27-15-21(13-17-9-11-18(26)12-10-17)28-16-20-6-4-8-23(30-20)25(32)34-2/h3-12,21,27-28H,13-16,26H2,1-2H3/t21-/m0/s1. The van der Waals surface area contributed by atoms with E-state index >= 15 is 0 Å². The number of anilines is 1. The Kier molecular flexibility index (Phi) is 9.07. The summed E-state index contributed by atoms with van der Waals surface area (Å²) in [7, 11) is 2.66. The van der Waals surface area contributed by atoms with Crippen molar-refractivity contribution in [2.75, 3.05) is 26.5 Å². The fourth-order valence-corrected chi connectivity index (χ4v) is 3.37. The van der Waals surface area contributed by atoms with Crippen molar-refractivity contribution in [1.82, 2.24) is 20.6 Å². The fraction of sp³-hybridized carbons (Fsp3) is 0.280. The minimum absolute atomic E-state index is 0.0518. The van der Waals surface area contributed by atoms with Crippen LogP contribution in [0.15, 0.2) is 60.7 Å². The van der Waals surface area contributed by atoms with Gasteiger partial charge in [0.1, 0.15) is 11.4 Å². The fourth-order valence-electron chi connectivity index (χ4n) is 3.37. The maximum atomic E-state index is 11.8. The van der Waals surface area contributed by atoms with Gasteiger partial charge in [-0.3, -0.25) is 0 Å². The molecule has 3 rings (SSSR count). The lowest BCUT2D eigenvalue weighted by Gasteiger charge is -2.20. The number of esters is 2. The first-order valence-electron chi connectivity index (χ1n) is 10.9. The summed E-state index contributed by atoms with van der Waals surface area (Å²) < 4.78 is 9.49. The van der Waals surface area contributed by atoms with Crippen LogP contribution < -0.4 is 16.4 Å². The molecule has 0 aliphatic heterocycles. The summed E-state index contributed by atoms with van der Waals surface area (Å²) in [5.41, 5.74) is 9.68. The number of nitrogens with two attached hydrogens (primary N) is 1. The summed E-state index contributed by atoms with van der Waals surface area (Å²) in [6.45, 7) is 1.59. The second-order valence-electron chi connectivity index (χ2n) is 7.67. The Morgan fingerprint density at radius 1 is 0.853 bits per heavy atom.